The molecule has 0 aliphatic heterocycles. The smallest absolute Gasteiger partial charge is 0.211 e. The van der Waals surface area contributed by atoms with E-state index in [1.54, 1.807) is 24.3 Å². The van der Waals surface area contributed by atoms with Crippen LogP contribution >= 0.6 is 0 Å². The maximum atomic E-state index is 9.85. The molecule has 0 atom stereocenters. The van der Waals surface area contributed by atoms with Crippen LogP contribution in [0.1, 0.15) is 5.56 Å². The molecular weight excluding hydrogens is 154 g/mol. The van der Waals surface area contributed by atoms with Crippen molar-refractivity contribution in [3.63, 3.8) is 0 Å². The molecule has 2 N–H and O–H groups in total. The van der Waals surface area contributed by atoms with Gasteiger partial charge in [-0.05, 0) is 23.8 Å². The van der Waals surface area contributed by atoms with Gasteiger partial charge in [-0.3, -0.25) is 4.79 Å². The molecule has 3 nitrogen and oxygen atoms in total. The fourth-order valence-electron chi connectivity index (χ4n) is 0.812. The SMILES string of the molecule is O=CN/C=C\c1cccc(O)c1. The molecule has 1 aromatic rings. The second-order valence-electron chi connectivity index (χ2n) is 2.21. The average molecular weight is 163 g/mol. The van der Waals surface area contributed by atoms with Crippen molar-refractivity contribution in [1.29, 1.82) is 0 Å². The zero-order valence-electron chi connectivity index (χ0n) is 6.40. The summed E-state index contributed by atoms with van der Waals surface area (Å²) in [6, 6.07) is 6.74. The van der Waals surface area contributed by atoms with Gasteiger partial charge in [-0.1, -0.05) is 12.1 Å². The summed E-state index contributed by atoms with van der Waals surface area (Å²) < 4.78 is 0. The Balaban J connectivity index is 2.69. The number of benzene rings is 1. The standard InChI is InChI=1S/C9H9NO2/c11-7-10-5-4-8-2-1-3-9(12)6-8/h1-7,12H,(H,10,11)/b5-4-. The highest BCUT2D eigenvalue weighted by molar-refractivity contribution is 5.56. The lowest BCUT2D eigenvalue weighted by molar-refractivity contribution is -0.108. The van der Waals surface area contributed by atoms with Crippen LogP contribution in [0, 0.1) is 0 Å². The van der Waals surface area contributed by atoms with Gasteiger partial charge < -0.3 is 10.4 Å². The van der Waals surface area contributed by atoms with Crippen LogP contribution in [0.25, 0.3) is 6.08 Å². The summed E-state index contributed by atoms with van der Waals surface area (Å²) in [5.41, 5.74) is 0.837. The molecule has 0 aromatic heterocycles. The molecule has 0 spiro atoms. The maximum Gasteiger partial charge on any atom is 0.211 e. The van der Waals surface area contributed by atoms with Crippen LogP contribution in [0.4, 0.5) is 0 Å². The van der Waals surface area contributed by atoms with Gasteiger partial charge in [0.15, 0.2) is 0 Å². The number of carbonyl (C=O) groups is 1. The topological polar surface area (TPSA) is 49.3 Å². The van der Waals surface area contributed by atoms with Gasteiger partial charge in [-0.2, -0.15) is 0 Å². The maximum absolute atomic E-state index is 9.85. The van der Waals surface area contributed by atoms with E-state index in [0.29, 0.717) is 6.41 Å². The lowest BCUT2D eigenvalue weighted by Gasteiger charge is -1.93. The normalized spacial score (nSPS) is 10.0. The summed E-state index contributed by atoms with van der Waals surface area (Å²) in [4.78, 5) is 9.85. The van der Waals surface area contributed by atoms with Crippen molar-refractivity contribution in [3.05, 3.63) is 36.0 Å². The van der Waals surface area contributed by atoms with Crippen LogP contribution in [0.2, 0.25) is 0 Å². The summed E-state index contributed by atoms with van der Waals surface area (Å²) in [5, 5.41) is 11.4. The molecule has 62 valence electrons. The van der Waals surface area contributed by atoms with Crippen molar-refractivity contribution >= 4 is 12.5 Å². The number of aromatic hydroxyl groups is 1. The average Bonchev–Trinajstić information content (AvgIpc) is 2.05. The van der Waals surface area contributed by atoms with Gasteiger partial charge in [0.2, 0.25) is 6.41 Å². The predicted molar refractivity (Wildman–Crippen MR) is 46.3 cm³/mol. The molecule has 12 heavy (non-hydrogen) atoms. The van der Waals surface area contributed by atoms with Gasteiger partial charge in [-0.25, -0.2) is 0 Å². The van der Waals surface area contributed by atoms with Crippen molar-refractivity contribution in [3.8, 4) is 5.75 Å². The van der Waals surface area contributed by atoms with E-state index >= 15 is 0 Å². The Morgan fingerprint density at radius 1 is 1.42 bits per heavy atom. The van der Waals surface area contributed by atoms with Crippen LogP contribution < -0.4 is 5.32 Å². The largest absolute Gasteiger partial charge is 0.508 e. The molecule has 0 radical (unpaired) electrons. The highest BCUT2D eigenvalue weighted by atomic mass is 16.3. The molecule has 0 heterocycles. The van der Waals surface area contributed by atoms with Gasteiger partial charge in [-0.15, -0.1) is 0 Å². The number of amides is 1. The minimum atomic E-state index is 0.211. The second kappa shape index (κ2) is 4.18. The van der Waals surface area contributed by atoms with Crippen LogP contribution in [0.5, 0.6) is 5.75 Å². The van der Waals surface area contributed by atoms with E-state index in [2.05, 4.69) is 5.32 Å². The van der Waals surface area contributed by atoms with E-state index < -0.39 is 0 Å². The zero-order chi connectivity index (χ0) is 8.81. The first-order valence-electron chi connectivity index (χ1n) is 3.48. The molecule has 0 aliphatic carbocycles. The molecule has 1 aromatic carbocycles. The van der Waals surface area contributed by atoms with E-state index in [9.17, 15) is 4.79 Å². The Labute approximate surface area is 70.3 Å². The van der Waals surface area contributed by atoms with Gasteiger partial charge >= 0.3 is 0 Å². The molecule has 0 bridgehead atoms. The summed E-state index contributed by atoms with van der Waals surface area (Å²) in [6.45, 7) is 0. The number of carbonyl (C=O) groups excluding carboxylic acids is 1. The van der Waals surface area contributed by atoms with Gasteiger partial charge in [0, 0.05) is 6.20 Å². The fourth-order valence-corrected chi connectivity index (χ4v) is 0.812. The van der Waals surface area contributed by atoms with Crippen molar-refractivity contribution in [2.75, 3.05) is 0 Å². The Hall–Kier alpha value is -1.77. The molecule has 1 rings (SSSR count). The van der Waals surface area contributed by atoms with Crippen molar-refractivity contribution in [1.82, 2.24) is 5.32 Å². The molecule has 3 heteroatoms. The second-order valence-corrected chi connectivity index (χ2v) is 2.21. The molecule has 0 fully saturated rings. The van der Waals surface area contributed by atoms with E-state index in [0.717, 1.165) is 5.56 Å². The third-order valence-corrected chi connectivity index (χ3v) is 1.31. The minimum absolute atomic E-state index is 0.211. The Morgan fingerprint density at radius 3 is 2.92 bits per heavy atom. The third kappa shape index (κ3) is 2.46. The Kier molecular flexibility index (Phi) is 2.90. The quantitative estimate of drug-likeness (QED) is 0.656. The number of nitrogens with one attached hydrogen (secondary N) is 1. The highest BCUT2D eigenvalue weighted by Gasteiger charge is 1.87. The summed E-state index contributed by atoms with van der Waals surface area (Å²) in [6.07, 6.45) is 3.77. The highest BCUT2D eigenvalue weighted by Crippen LogP contribution is 2.11. The molecular formula is C9H9NO2. The number of phenolic OH excluding ortho intramolecular Hbond substituents is 1. The molecule has 0 saturated heterocycles. The number of rotatable bonds is 3. The number of phenols is 1. The third-order valence-electron chi connectivity index (χ3n) is 1.31. The van der Waals surface area contributed by atoms with Crippen molar-refractivity contribution < 1.29 is 9.90 Å². The van der Waals surface area contributed by atoms with Crippen LogP contribution in [0.3, 0.4) is 0 Å². The number of hydrogen-bond acceptors (Lipinski definition) is 2. The van der Waals surface area contributed by atoms with Crippen molar-refractivity contribution in [2.24, 2.45) is 0 Å². The Morgan fingerprint density at radius 2 is 2.25 bits per heavy atom. The van der Waals surface area contributed by atoms with Crippen LogP contribution in [-0.4, -0.2) is 11.5 Å². The van der Waals surface area contributed by atoms with E-state index in [-0.39, 0.29) is 5.75 Å². The summed E-state index contributed by atoms with van der Waals surface area (Å²) >= 11 is 0. The van der Waals surface area contributed by atoms with Gasteiger partial charge in [0.1, 0.15) is 5.75 Å². The molecule has 0 aliphatic rings. The summed E-state index contributed by atoms with van der Waals surface area (Å²) in [7, 11) is 0. The van der Waals surface area contributed by atoms with Crippen molar-refractivity contribution in [2.45, 2.75) is 0 Å². The van der Waals surface area contributed by atoms with E-state index in [1.807, 2.05) is 6.07 Å². The minimum Gasteiger partial charge on any atom is -0.508 e. The Bertz CT molecular complexity index is 294. The molecule has 0 unspecified atom stereocenters. The first kappa shape index (κ1) is 8.33. The van der Waals surface area contributed by atoms with E-state index in [1.165, 1.54) is 6.20 Å². The molecule has 0 saturated carbocycles. The van der Waals surface area contributed by atoms with Crippen LogP contribution in [0.15, 0.2) is 30.5 Å². The van der Waals surface area contributed by atoms with Crippen LogP contribution in [-0.2, 0) is 4.79 Å². The lowest BCUT2D eigenvalue weighted by Crippen LogP contribution is -1.97. The monoisotopic (exact) mass is 163 g/mol. The molecule has 1 amide bonds. The van der Waals surface area contributed by atoms with E-state index in [4.69, 9.17) is 5.11 Å². The summed E-state index contributed by atoms with van der Waals surface area (Å²) in [5.74, 6) is 0.211. The van der Waals surface area contributed by atoms with Gasteiger partial charge in [0.25, 0.3) is 0 Å². The number of hydrogen-bond donors (Lipinski definition) is 2. The lowest BCUT2D eigenvalue weighted by atomic mass is 10.2. The first-order valence-corrected chi connectivity index (χ1v) is 3.48. The first-order chi connectivity index (χ1) is 5.83. The predicted octanol–water partition coefficient (Wildman–Crippen LogP) is 1.11. The zero-order valence-corrected chi connectivity index (χ0v) is 6.40. The van der Waals surface area contributed by atoms with Gasteiger partial charge in [0.05, 0.1) is 0 Å². The fraction of sp³-hybridized carbons (Fsp3) is 0.